The minimum atomic E-state index is 0. The predicted octanol–water partition coefficient (Wildman–Crippen LogP) is 5.39. The third-order valence-corrected chi connectivity index (χ3v) is 4.19. The molecule has 0 saturated carbocycles. The molecule has 0 aliphatic heterocycles. The van der Waals surface area contributed by atoms with Crippen LogP contribution in [0.5, 0.6) is 0 Å². The van der Waals surface area contributed by atoms with Crippen molar-refractivity contribution in [2.24, 2.45) is 0 Å². The molecule has 4 aromatic rings. The van der Waals surface area contributed by atoms with Crippen molar-refractivity contribution in [3.05, 3.63) is 129 Å². The average molecular weight is 543 g/mol. The van der Waals surface area contributed by atoms with Crippen LogP contribution in [0.4, 0.5) is 0 Å². The topological polar surface area (TPSA) is 16.8 Å². The fourth-order valence-corrected chi connectivity index (χ4v) is 2.78. The molecule has 0 aliphatic carbocycles. The van der Waals surface area contributed by atoms with E-state index in [0.717, 1.165) is 33.6 Å². The van der Waals surface area contributed by atoms with E-state index in [0.29, 0.717) is 0 Å². The van der Waals surface area contributed by atoms with Crippen LogP contribution in [0.2, 0.25) is 0 Å². The fraction of sp³-hybridized carbons (Fsp3) is 0. The first-order valence-corrected chi connectivity index (χ1v) is 8.72. The molecule has 0 radical (unpaired) electrons. The van der Waals surface area contributed by atoms with Crippen LogP contribution in [-0.2, 0) is 20.1 Å². The standard InChI is InChI=1S/C13H12N.C12H10N.Ir/c1-11-7-3-4-8-12(11)13-9-5-6-10-14(13)2;1-10-6-2-3-7-11(10)12-8-4-5-9-13-12;/h3-10H,1-2H2;2-9H,1H2;/q2*-1;+3. The van der Waals surface area contributed by atoms with Crippen molar-refractivity contribution >= 4 is 0 Å². The second-order valence-corrected chi connectivity index (χ2v) is 6.08. The Bertz CT molecular complexity index is 970. The van der Waals surface area contributed by atoms with Crippen molar-refractivity contribution in [1.29, 1.82) is 0 Å². The molecule has 0 fully saturated rings. The second kappa shape index (κ2) is 10.4. The van der Waals surface area contributed by atoms with E-state index in [1.165, 1.54) is 0 Å². The Labute approximate surface area is 181 Å². The van der Waals surface area contributed by atoms with Crippen LogP contribution in [-0.4, -0.2) is 4.98 Å². The average Bonchev–Trinajstić information content (AvgIpc) is 2.71. The Morgan fingerprint density at radius 2 is 1.21 bits per heavy atom. The zero-order valence-electron chi connectivity index (χ0n) is 15.6. The quantitative estimate of drug-likeness (QED) is 0.245. The van der Waals surface area contributed by atoms with E-state index in [9.17, 15) is 0 Å². The van der Waals surface area contributed by atoms with E-state index < -0.39 is 0 Å². The van der Waals surface area contributed by atoms with E-state index in [-0.39, 0.29) is 20.1 Å². The maximum Gasteiger partial charge on any atom is 3.00 e. The summed E-state index contributed by atoms with van der Waals surface area (Å²) < 4.78 is 1.85. The number of hydrogen-bond donors (Lipinski definition) is 0. The first-order chi connectivity index (χ1) is 13.2. The van der Waals surface area contributed by atoms with Crippen LogP contribution in [0, 0.1) is 20.9 Å². The fourth-order valence-electron chi connectivity index (χ4n) is 2.78. The van der Waals surface area contributed by atoms with Crippen LogP contribution in [0.1, 0.15) is 11.1 Å². The maximum absolute atomic E-state index is 4.27. The van der Waals surface area contributed by atoms with Crippen LogP contribution in [0.3, 0.4) is 0 Å². The van der Waals surface area contributed by atoms with Crippen molar-refractivity contribution in [3.8, 4) is 22.5 Å². The molecule has 0 amide bonds. The zero-order valence-corrected chi connectivity index (χ0v) is 18.0. The van der Waals surface area contributed by atoms with Crippen molar-refractivity contribution in [3.63, 3.8) is 0 Å². The monoisotopic (exact) mass is 543 g/mol. The number of hydrogen-bond acceptors (Lipinski definition) is 1. The largest absolute Gasteiger partial charge is 3.00 e. The van der Waals surface area contributed by atoms with Gasteiger partial charge in [-0.05, 0) is 12.1 Å². The predicted molar refractivity (Wildman–Crippen MR) is 111 cm³/mol. The summed E-state index contributed by atoms with van der Waals surface area (Å²) in [6.07, 6.45) is 3.73. The smallest absolute Gasteiger partial charge is 0.343 e. The Morgan fingerprint density at radius 1 is 0.643 bits per heavy atom. The van der Waals surface area contributed by atoms with E-state index in [2.05, 4.69) is 31.9 Å². The molecule has 2 aromatic heterocycles. The van der Waals surface area contributed by atoms with Crippen LogP contribution in [0.15, 0.2) is 97.3 Å². The molecule has 0 N–H and O–H groups in total. The Balaban J connectivity index is 0.000000194. The molecular weight excluding hydrogens is 521 g/mol. The van der Waals surface area contributed by atoms with Gasteiger partial charge in [0.2, 0.25) is 0 Å². The molecule has 2 aromatic carbocycles. The van der Waals surface area contributed by atoms with E-state index in [4.69, 9.17) is 0 Å². The third-order valence-electron chi connectivity index (χ3n) is 4.19. The summed E-state index contributed by atoms with van der Waals surface area (Å²) >= 11 is 0. The van der Waals surface area contributed by atoms with Gasteiger partial charge in [0.1, 0.15) is 0 Å². The van der Waals surface area contributed by atoms with Gasteiger partial charge in [-0.3, -0.25) is 4.98 Å². The molecule has 28 heavy (non-hydrogen) atoms. The number of nitrogens with zero attached hydrogens (tertiary/aromatic N) is 2. The Morgan fingerprint density at radius 3 is 1.79 bits per heavy atom. The van der Waals surface area contributed by atoms with Gasteiger partial charge in [-0.25, -0.2) is 0 Å². The molecule has 0 aliphatic rings. The molecule has 0 spiro atoms. The minimum absolute atomic E-state index is 0. The Hall–Kier alpha value is -3.00. The van der Waals surface area contributed by atoms with Gasteiger partial charge >= 0.3 is 20.1 Å². The van der Waals surface area contributed by atoms with Crippen LogP contribution >= 0.6 is 0 Å². The summed E-state index contributed by atoms with van der Waals surface area (Å²) in [4.78, 5) is 4.27. The van der Waals surface area contributed by atoms with Gasteiger partial charge in [0, 0.05) is 18.9 Å². The third kappa shape index (κ3) is 5.26. The van der Waals surface area contributed by atoms with Crippen LogP contribution in [0.25, 0.3) is 22.5 Å². The first-order valence-electron chi connectivity index (χ1n) is 8.72. The summed E-state index contributed by atoms with van der Waals surface area (Å²) in [5.74, 6) is 0. The molecule has 2 heterocycles. The summed E-state index contributed by atoms with van der Waals surface area (Å²) in [7, 11) is 3.93. The molecule has 0 bridgehead atoms. The van der Waals surface area contributed by atoms with Gasteiger partial charge in [0.15, 0.2) is 0 Å². The summed E-state index contributed by atoms with van der Waals surface area (Å²) in [6.45, 7) is 7.95. The molecule has 2 nitrogen and oxygen atoms in total. The first kappa shape index (κ1) is 21.3. The van der Waals surface area contributed by atoms with Gasteiger partial charge in [-0.15, -0.1) is 35.4 Å². The molecular formula is C25H22IrN2+. The zero-order chi connectivity index (χ0) is 19.1. The van der Waals surface area contributed by atoms with E-state index >= 15 is 0 Å². The van der Waals surface area contributed by atoms with Gasteiger partial charge in [-0.2, -0.15) is 37.1 Å². The minimum Gasteiger partial charge on any atom is -0.343 e. The number of pyridine rings is 2. The van der Waals surface area contributed by atoms with Crippen molar-refractivity contribution in [2.75, 3.05) is 0 Å². The molecule has 140 valence electrons. The second-order valence-electron chi connectivity index (χ2n) is 6.08. The van der Waals surface area contributed by atoms with Gasteiger partial charge in [-0.1, -0.05) is 36.4 Å². The number of aromatic nitrogens is 2. The molecule has 4 rings (SSSR count). The van der Waals surface area contributed by atoms with Crippen molar-refractivity contribution < 1.29 is 24.7 Å². The van der Waals surface area contributed by atoms with Crippen molar-refractivity contribution in [1.82, 2.24) is 4.98 Å². The maximum atomic E-state index is 4.27. The van der Waals surface area contributed by atoms with Gasteiger partial charge in [0.25, 0.3) is 0 Å². The molecule has 0 unspecified atom stereocenters. The number of rotatable bonds is 2. The van der Waals surface area contributed by atoms with E-state index in [1.54, 1.807) is 6.20 Å². The van der Waals surface area contributed by atoms with Gasteiger partial charge < -0.3 is 4.57 Å². The number of benzene rings is 2. The Kier molecular flexibility index (Phi) is 7.88. The summed E-state index contributed by atoms with van der Waals surface area (Å²) in [5.41, 5.74) is 6.33. The van der Waals surface area contributed by atoms with E-state index in [1.807, 2.05) is 89.6 Å². The van der Waals surface area contributed by atoms with Crippen LogP contribution < -0.4 is 4.57 Å². The SMILES string of the molecule is [CH2-]c1ccccc1-c1cccc[n+]1[CH2-].[CH2-]c1ccccc1-c1ccccn1.[Ir+3]. The van der Waals surface area contributed by atoms with Crippen molar-refractivity contribution in [2.45, 2.75) is 0 Å². The molecule has 3 heteroatoms. The van der Waals surface area contributed by atoms with Gasteiger partial charge in [0.05, 0.1) is 11.9 Å². The normalized spacial score (nSPS) is 9.57. The molecule has 0 saturated heterocycles. The summed E-state index contributed by atoms with van der Waals surface area (Å²) in [5, 5.41) is 0. The summed E-state index contributed by atoms with van der Waals surface area (Å²) in [6, 6.07) is 27.9. The molecule has 0 atom stereocenters.